The Kier molecular flexibility index (Phi) is 5.72. The van der Waals surface area contributed by atoms with Crippen LogP contribution in [-0.4, -0.2) is 31.7 Å². The lowest BCUT2D eigenvalue weighted by Crippen LogP contribution is -2.44. The third kappa shape index (κ3) is 4.51. The Hall–Kier alpha value is -2.49. The Bertz CT molecular complexity index is 630. The van der Waals surface area contributed by atoms with Crippen LogP contribution in [0, 0.1) is 0 Å². The number of hydrogen-bond acceptors (Lipinski definition) is 2. The van der Waals surface area contributed by atoms with Gasteiger partial charge in [-0.25, -0.2) is 4.79 Å². The minimum atomic E-state index is -0.0779. The van der Waals surface area contributed by atoms with Gasteiger partial charge in [0.25, 0.3) is 0 Å². The first-order chi connectivity index (χ1) is 11.8. The summed E-state index contributed by atoms with van der Waals surface area (Å²) in [6, 6.07) is 20.9. The third-order valence-corrected chi connectivity index (χ3v) is 4.51. The molecule has 0 radical (unpaired) electrons. The first-order valence-electron chi connectivity index (χ1n) is 8.70. The maximum Gasteiger partial charge on any atom is 0.314 e. The summed E-state index contributed by atoms with van der Waals surface area (Å²) in [7, 11) is 0. The zero-order chi connectivity index (χ0) is 16.6. The number of nitrogens with zero attached hydrogens (tertiary/aromatic N) is 1. The Morgan fingerprint density at radius 2 is 1.71 bits per heavy atom. The van der Waals surface area contributed by atoms with E-state index in [2.05, 4.69) is 51.9 Å². The Morgan fingerprint density at radius 1 is 1.00 bits per heavy atom. The lowest BCUT2D eigenvalue weighted by Gasteiger charge is -2.27. The minimum Gasteiger partial charge on any atom is -0.367 e. The highest BCUT2D eigenvalue weighted by Crippen LogP contribution is 2.24. The van der Waals surface area contributed by atoms with Gasteiger partial charge in [-0.2, -0.15) is 0 Å². The molecule has 1 saturated heterocycles. The fourth-order valence-corrected chi connectivity index (χ4v) is 3.25. The number of hydrogen-bond donors (Lipinski definition) is 2. The van der Waals surface area contributed by atoms with E-state index in [9.17, 15) is 4.79 Å². The highest BCUT2D eigenvalue weighted by Gasteiger charge is 2.24. The van der Waals surface area contributed by atoms with E-state index >= 15 is 0 Å². The number of nitrogens with one attached hydrogen (secondary N) is 2. The molecule has 1 fully saturated rings. The summed E-state index contributed by atoms with van der Waals surface area (Å²) in [5.74, 6) is 0. The van der Waals surface area contributed by atoms with Crippen LogP contribution in [0.25, 0.3) is 0 Å². The van der Waals surface area contributed by atoms with Gasteiger partial charge in [0.15, 0.2) is 0 Å². The van der Waals surface area contributed by atoms with E-state index in [-0.39, 0.29) is 6.03 Å². The molecule has 0 aromatic heterocycles. The van der Waals surface area contributed by atoms with Crippen molar-refractivity contribution in [3.05, 3.63) is 66.2 Å². The number of rotatable bonds is 6. The van der Waals surface area contributed by atoms with Gasteiger partial charge < -0.3 is 15.5 Å². The van der Waals surface area contributed by atoms with Crippen molar-refractivity contribution >= 4 is 11.7 Å². The van der Waals surface area contributed by atoms with Crippen molar-refractivity contribution in [3.8, 4) is 0 Å². The molecule has 1 heterocycles. The quantitative estimate of drug-likeness (QED) is 0.857. The van der Waals surface area contributed by atoms with Gasteiger partial charge in [0.05, 0.1) is 0 Å². The van der Waals surface area contributed by atoms with Crippen molar-refractivity contribution in [2.24, 2.45) is 0 Å². The SMILES string of the molecule is O=C(NCCc1ccccc1)NC[C@H]1CCCN1c1ccccc1. The van der Waals surface area contributed by atoms with Crippen LogP contribution in [0.1, 0.15) is 18.4 Å². The van der Waals surface area contributed by atoms with Crippen LogP contribution in [0.5, 0.6) is 0 Å². The minimum absolute atomic E-state index is 0.0779. The van der Waals surface area contributed by atoms with Crippen molar-refractivity contribution in [1.82, 2.24) is 10.6 Å². The zero-order valence-electron chi connectivity index (χ0n) is 13.9. The number of carbonyl (C=O) groups is 1. The van der Waals surface area contributed by atoms with Gasteiger partial charge >= 0.3 is 6.03 Å². The summed E-state index contributed by atoms with van der Waals surface area (Å²) < 4.78 is 0. The van der Waals surface area contributed by atoms with E-state index in [0.29, 0.717) is 19.1 Å². The molecule has 24 heavy (non-hydrogen) atoms. The van der Waals surface area contributed by atoms with Crippen LogP contribution < -0.4 is 15.5 Å². The van der Waals surface area contributed by atoms with E-state index in [1.54, 1.807) is 0 Å². The number of urea groups is 1. The van der Waals surface area contributed by atoms with E-state index in [1.807, 2.05) is 24.3 Å². The molecule has 0 saturated carbocycles. The molecule has 1 aliphatic rings. The molecular weight excluding hydrogens is 298 g/mol. The van der Waals surface area contributed by atoms with Gasteiger partial charge in [0, 0.05) is 31.4 Å². The molecular formula is C20H25N3O. The molecule has 2 N–H and O–H groups in total. The monoisotopic (exact) mass is 323 g/mol. The second-order valence-corrected chi connectivity index (χ2v) is 6.20. The van der Waals surface area contributed by atoms with E-state index in [4.69, 9.17) is 0 Å². The summed E-state index contributed by atoms with van der Waals surface area (Å²) in [6.45, 7) is 2.40. The maximum atomic E-state index is 12.0. The molecule has 2 aromatic carbocycles. The van der Waals surface area contributed by atoms with Crippen molar-refractivity contribution in [1.29, 1.82) is 0 Å². The van der Waals surface area contributed by atoms with Crippen molar-refractivity contribution in [2.75, 3.05) is 24.5 Å². The van der Waals surface area contributed by atoms with E-state index in [0.717, 1.165) is 19.4 Å². The predicted molar refractivity (Wildman–Crippen MR) is 98.4 cm³/mol. The van der Waals surface area contributed by atoms with Crippen LogP contribution in [0.2, 0.25) is 0 Å². The smallest absolute Gasteiger partial charge is 0.314 e. The molecule has 2 aromatic rings. The Morgan fingerprint density at radius 3 is 2.46 bits per heavy atom. The molecule has 1 atom stereocenters. The summed E-state index contributed by atoms with van der Waals surface area (Å²) in [5.41, 5.74) is 2.48. The van der Waals surface area contributed by atoms with Crippen molar-refractivity contribution in [2.45, 2.75) is 25.3 Å². The summed E-state index contributed by atoms with van der Waals surface area (Å²) >= 11 is 0. The number of para-hydroxylation sites is 1. The second kappa shape index (κ2) is 8.39. The highest BCUT2D eigenvalue weighted by atomic mass is 16.2. The molecule has 126 valence electrons. The lowest BCUT2D eigenvalue weighted by molar-refractivity contribution is 0.240. The summed E-state index contributed by atoms with van der Waals surface area (Å²) in [5, 5.41) is 5.96. The average molecular weight is 323 g/mol. The largest absolute Gasteiger partial charge is 0.367 e. The van der Waals surface area contributed by atoms with Gasteiger partial charge in [0.2, 0.25) is 0 Å². The number of benzene rings is 2. The van der Waals surface area contributed by atoms with Crippen LogP contribution >= 0.6 is 0 Å². The van der Waals surface area contributed by atoms with Gasteiger partial charge in [-0.05, 0) is 37.0 Å². The standard InChI is InChI=1S/C20H25N3O/c24-20(21-14-13-17-8-3-1-4-9-17)22-16-19-12-7-15-23(19)18-10-5-2-6-11-18/h1-6,8-11,19H,7,12-16H2,(H2,21,22,24)/t19-/m1/s1. The predicted octanol–water partition coefficient (Wildman–Crippen LogP) is 3.20. The molecule has 4 nitrogen and oxygen atoms in total. The van der Waals surface area contributed by atoms with Gasteiger partial charge in [0.1, 0.15) is 0 Å². The molecule has 1 aliphatic heterocycles. The third-order valence-electron chi connectivity index (χ3n) is 4.51. The summed E-state index contributed by atoms with van der Waals surface area (Å²) in [4.78, 5) is 14.4. The van der Waals surface area contributed by atoms with Gasteiger partial charge in [-0.3, -0.25) is 0 Å². The van der Waals surface area contributed by atoms with E-state index in [1.165, 1.54) is 17.7 Å². The van der Waals surface area contributed by atoms with Crippen LogP contribution in [0.15, 0.2) is 60.7 Å². The van der Waals surface area contributed by atoms with Crippen molar-refractivity contribution < 1.29 is 4.79 Å². The molecule has 2 amide bonds. The van der Waals surface area contributed by atoms with Gasteiger partial charge in [-0.15, -0.1) is 0 Å². The topological polar surface area (TPSA) is 44.4 Å². The first kappa shape index (κ1) is 16.4. The number of amides is 2. The molecule has 0 bridgehead atoms. The molecule has 0 unspecified atom stereocenters. The number of anilines is 1. The first-order valence-corrected chi connectivity index (χ1v) is 8.70. The fraction of sp³-hybridized carbons (Fsp3) is 0.350. The lowest BCUT2D eigenvalue weighted by atomic mass is 10.1. The average Bonchev–Trinajstić information content (AvgIpc) is 3.10. The van der Waals surface area contributed by atoms with Crippen LogP contribution in [-0.2, 0) is 6.42 Å². The van der Waals surface area contributed by atoms with E-state index < -0.39 is 0 Å². The Balaban J connectivity index is 1.41. The zero-order valence-corrected chi connectivity index (χ0v) is 13.9. The molecule has 0 spiro atoms. The second-order valence-electron chi connectivity index (χ2n) is 6.20. The Labute approximate surface area is 143 Å². The normalized spacial score (nSPS) is 16.8. The number of carbonyl (C=O) groups excluding carboxylic acids is 1. The van der Waals surface area contributed by atoms with Crippen molar-refractivity contribution in [3.63, 3.8) is 0 Å². The van der Waals surface area contributed by atoms with Crippen LogP contribution in [0.3, 0.4) is 0 Å². The molecule has 4 heteroatoms. The maximum absolute atomic E-state index is 12.0. The van der Waals surface area contributed by atoms with Gasteiger partial charge in [-0.1, -0.05) is 48.5 Å². The molecule has 3 rings (SSSR count). The molecule has 0 aliphatic carbocycles. The fourth-order valence-electron chi connectivity index (χ4n) is 3.25. The highest BCUT2D eigenvalue weighted by molar-refractivity contribution is 5.73. The van der Waals surface area contributed by atoms with Crippen LogP contribution in [0.4, 0.5) is 10.5 Å². The summed E-state index contributed by atoms with van der Waals surface area (Å²) in [6.07, 6.45) is 3.16.